The highest BCUT2D eigenvalue weighted by atomic mass is 79.9. The Morgan fingerprint density at radius 3 is 2.40 bits per heavy atom. The number of esters is 1. The first kappa shape index (κ1) is 15.1. The SMILES string of the molecule is CC(=O)OC(CSc1ccccc1)c1ccc(Br)cc1. The van der Waals surface area contributed by atoms with Gasteiger partial charge in [-0.3, -0.25) is 4.79 Å². The van der Waals surface area contributed by atoms with Gasteiger partial charge in [0.05, 0.1) is 0 Å². The topological polar surface area (TPSA) is 26.3 Å². The molecule has 2 rings (SSSR count). The van der Waals surface area contributed by atoms with Crippen LogP contribution in [0.15, 0.2) is 64.0 Å². The van der Waals surface area contributed by atoms with Gasteiger partial charge >= 0.3 is 5.97 Å². The van der Waals surface area contributed by atoms with Crippen LogP contribution in [0.1, 0.15) is 18.6 Å². The number of halogens is 1. The maximum atomic E-state index is 11.3. The van der Waals surface area contributed by atoms with E-state index in [0.29, 0.717) is 5.75 Å². The Bertz CT molecular complexity index is 554. The van der Waals surface area contributed by atoms with Crippen molar-refractivity contribution in [1.29, 1.82) is 0 Å². The number of hydrogen-bond acceptors (Lipinski definition) is 3. The normalized spacial score (nSPS) is 11.9. The first-order chi connectivity index (χ1) is 9.65. The van der Waals surface area contributed by atoms with Gasteiger partial charge in [-0.25, -0.2) is 0 Å². The van der Waals surface area contributed by atoms with Crippen LogP contribution in [0.25, 0.3) is 0 Å². The zero-order chi connectivity index (χ0) is 14.4. The number of rotatable bonds is 5. The van der Waals surface area contributed by atoms with Crippen LogP contribution in [-0.2, 0) is 9.53 Å². The number of thioether (sulfide) groups is 1. The van der Waals surface area contributed by atoms with Crippen molar-refractivity contribution < 1.29 is 9.53 Å². The van der Waals surface area contributed by atoms with Gasteiger partial charge in [-0.15, -0.1) is 11.8 Å². The molecular formula is C16H15BrO2S. The zero-order valence-corrected chi connectivity index (χ0v) is 13.5. The molecule has 0 aliphatic heterocycles. The molecule has 0 heterocycles. The number of ether oxygens (including phenoxy) is 1. The van der Waals surface area contributed by atoms with E-state index in [-0.39, 0.29) is 12.1 Å². The van der Waals surface area contributed by atoms with E-state index >= 15 is 0 Å². The summed E-state index contributed by atoms with van der Waals surface area (Å²) in [6, 6.07) is 18.0. The Morgan fingerprint density at radius 2 is 1.80 bits per heavy atom. The van der Waals surface area contributed by atoms with Crippen molar-refractivity contribution in [3.63, 3.8) is 0 Å². The quantitative estimate of drug-likeness (QED) is 0.569. The van der Waals surface area contributed by atoms with E-state index in [4.69, 9.17) is 4.74 Å². The summed E-state index contributed by atoms with van der Waals surface area (Å²) in [4.78, 5) is 12.4. The monoisotopic (exact) mass is 350 g/mol. The van der Waals surface area contributed by atoms with Crippen LogP contribution in [0.5, 0.6) is 0 Å². The Balaban J connectivity index is 2.07. The second-order valence-electron chi connectivity index (χ2n) is 4.27. The summed E-state index contributed by atoms with van der Waals surface area (Å²) in [5.74, 6) is 0.442. The minimum Gasteiger partial charge on any atom is -0.457 e. The number of carbonyl (C=O) groups excluding carboxylic acids is 1. The van der Waals surface area contributed by atoms with Crippen LogP contribution >= 0.6 is 27.7 Å². The lowest BCUT2D eigenvalue weighted by atomic mass is 10.1. The molecular weight excluding hydrogens is 336 g/mol. The second-order valence-corrected chi connectivity index (χ2v) is 6.28. The Morgan fingerprint density at radius 1 is 1.15 bits per heavy atom. The lowest BCUT2D eigenvalue weighted by Gasteiger charge is -2.17. The van der Waals surface area contributed by atoms with Crippen molar-refractivity contribution in [2.45, 2.75) is 17.9 Å². The van der Waals surface area contributed by atoms with Gasteiger partial charge in [-0.1, -0.05) is 46.3 Å². The molecule has 0 saturated carbocycles. The molecule has 2 aromatic carbocycles. The maximum Gasteiger partial charge on any atom is 0.303 e. The summed E-state index contributed by atoms with van der Waals surface area (Å²) in [7, 11) is 0. The van der Waals surface area contributed by atoms with Gasteiger partial charge in [0.1, 0.15) is 6.10 Å². The van der Waals surface area contributed by atoms with Gasteiger partial charge in [-0.05, 0) is 29.8 Å². The van der Waals surface area contributed by atoms with Crippen LogP contribution in [0, 0.1) is 0 Å². The highest BCUT2D eigenvalue weighted by Crippen LogP contribution is 2.28. The third kappa shape index (κ3) is 4.69. The van der Waals surface area contributed by atoms with Crippen LogP contribution in [-0.4, -0.2) is 11.7 Å². The lowest BCUT2D eigenvalue weighted by molar-refractivity contribution is -0.145. The van der Waals surface area contributed by atoms with Gasteiger partial charge in [0.25, 0.3) is 0 Å². The summed E-state index contributed by atoms with van der Waals surface area (Å²) >= 11 is 5.09. The Kier molecular flexibility index (Phi) is 5.68. The van der Waals surface area contributed by atoms with Gasteiger partial charge in [0, 0.05) is 22.0 Å². The van der Waals surface area contributed by atoms with Gasteiger partial charge < -0.3 is 4.74 Å². The average molecular weight is 351 g/mol. The molecule has 2 nitrogen and oxygen atoms in total. The third-order valence-corrected chi connectivity index (χ3v) is 4.30. The molecule has 1 atom stereocenters. The number of hydrogen-bond donors (Lipinski definition) is 0. The van der Waals surface area contributed by atoms with Gasteiger partial charge in [-0.2, -0.15) is 0 Å². The first-order valence-corrected chi connectivity index (χ1v) is 8.03. The van der Waals surface area contributed by atoms with Crippen LogP contribution in [0.2, 0.25) is 0 Å². The van der Waals surface area contributed by atoms with E-state index in [1.54, 1.807) is 11.8 Å². The van der Waals surface area contributed by atoms with E-state index in [2.05, 4.69) is 28.1 Å². The van der Waals surface area contributed by atoms with Crippen LogP contribution in [0.3, 0.4) is 0 Å². The second kappa shape index (κ2) is 7.50. The van der Waals surface area contributed by atoms with Crippen molar-refractivity contribution in [2.75, 3.05) is 5.75 Å². The standard InChI is InChI=1S/C16H15BrO2S/c1-12(18)19-16(13-7-9-14(17)10-8-13)11-20-15-5-3-2-4-6-15/h2-10,16H,11H2,1H3. The number of carbonyl (C=O) groups is 1. The molecule has 0 aliphatic carbocycles. The molecule has 0 amide bonds. The molecule has 20 heavy (non-hydrogen) atoms. The van der Waals surface area contributed by atoms with E-state index in [0.717, 1.165) is 10.0 Å². The molecule has 0 fully saturated rings. The highest BCUT2D eigenvalue weighted by molar-refractivity contribution is 9.10. The van der Waals surface area contributed by atoms with Crippen molar-refractivity contribution in [2.24, 2.45) is 0 Å². The van der Waals surface area contributed by atoms with Crippen LogP contribution in [0.4, 0.5) is 0 Å². The Hall–Kier alpha value is -1.26. The Labute approximate surface area is 131 Å². The smallest absolute Gasteiger partial charge is 0.303 e. The third-order valence-electron chi connectivity index (χ3n) is 2.69. The molecule has 0 saturated heterocycles. The van der Waals surface area contributed by atoms with Gasteiger partial charge in [0.2, 0.25) is 0 Å². The van der Waals surface area contributed by atoms with Crippen molar-refractivity contribution in [3.05, 3.63) is 64.6 Å². The van der Waals surface area contributed by atoms with E-state index in [1.807, 2.05) is 42.5 Å². The summed E-state index contributed by atoms with van der Waals surface area (Å²) in [6.07, 6.45) is -0.231. The van der Waals surface area contributed by atoms with E-state index in [1.165, 1.54) is 11.8 Å². The van der Waals surface area contributed by atoms with Crippen molar-refractivity contribution in [1.82, 2.24) is 0 Å². The molecule has 4 heteroatoms. The van der Waals surface area contributed by atoms with E-state index in [9.17, 15) is 4.79 Å². The minimum atomic E-state index is -0.258. The van der Waals surface area contributed by atoms with Gasteiger partial charge in [0.15, 0.2) is 0 Å². The molecule has 0 aliphatic rings. The fourth-order valence-electron chi connectivity index (χ4n) is 1.76. The molecule has 2 aromatic rings. The minimum absolute atomic E-state index is 0.231. The molecule has 0 N–H and O–H groups in total. The molecule has 104 valence electrons. The van der Waals surface area contributed by atoms with Crippen molar-refractivity contribution in [3.8, 4) is 0 Å². The predicted octanol–water partition coefficient (Wildman–Crippen LogP) is 4.85. The molecule has 1 unspecified atom stereocenters. The largest absolute Gasteiger partial charge is 0.457 e. The molecule has 0 bridgehead atoms. The average Bonchev–Trinajstić information content (AvgIpc) is 2.45. The zero-order valence-electron chi connectivity index (χ0n) is 11.1. The van der Waals surface area contributed by atoms with E-state index < -0.39 is 0 Å². The fraction of sp³-hybridized carbons (Fsp3) is 0.188. The summed E-state index contributed by atoms with van der Waals surface area (Å²) in [5.41, 5.74) is 1.01. The fourth-order valence-corrected chi connectivity index (χ4v) is 2.98. The maximum absolute atomic E-state index is 11.3. The summed E-state index contributed by atoms with van der Waals surface area (Å²) in [6.45, 7) is 1.44. The van der Waals surface area contributed by atoms with Crippen molar-refractivity contribution >= 4 is 33.7 Å². The highest BCUT2D eigenvalue weighted by Gasteiger charge is 2.15. The molecule has 0 spiro atoms. The lowest BCUT2D eigenvalue weighted by Crippen LogP contribution is -2.11. The molecule has 0 radical (unpaired) electrons. The summed E-state index contributed by atoms with van der Waals surface area (Å²) < 4.78 is 6.44. The summed E-state index contributed by atoms with van der Waals surface area (Å²) in [5, 5.41) is 0. The number of benzene rings is 2. The molecule has 0 aromatic heterocycles. The van der Waals surface area contributed by atoms with Crippen LogP contribution < -0.4 is 0 Å². The predicted molar refractivity (Wildman–Crippen MR) is 85.8 cm³/mol. The first-order valence-electron chi connectivity index (χ1n) is 6.25.